The predicted molar refractivity (Wildman–Crippen MR) is 109 cm³/mol. The molecule has 2 N–H and O–H groups in total. The van der Waals surface area contributed by atoms with E-state index in [1.807, 2.05) is 24.3 Å². The fraction of sp³-hybridized carbons (Fsp3) is 0.562. The Morgan fingerprint density at radius 1 is 1.38 bits per heavy atom. The van der Waals surface area contributed by atoms with Crippen LogP contribution in [0.4, 0.5) is 0 Å². The lowest BCUT2D eigenvalue weighted by molar-refractivity contribution is -0.122. The zero-order chi connectivity index (χ0) is 15.9. The Labute approximate surface area is 166 Å². The van der Waals surface area contributed by atoms with Gasteiger partial charge in [0, 0.05) is 23.2 Å². The van der Waals surface area contributed by atoms with E-state index in [1.54, 1.807) is 11.8 Å². The first kappa shape index (κ1) is 23.8. The SMILES string of the molecule is CCN(CC)C(CNC(=O)C1CSCN1)c1ccccc1Cl.Cl.Cl. The van der Waals surface area contributed by atoms with Crippen LogP contribution in [0.2, 0.25) is 5.02 Å². The number of thioether (sulfide) groups is 1. The summed E-state index contributed by atoms with van der Waals surface area (Å²) in [7, 11) is 0. The first-order valence-electron chi connectivity index (χ1n) is 7.74. The summed E-state index contributed by atoms with van der Waals surface area (Å²) in [6.07, 6.45) is 0. The minimum absolute atomic E-state index is 0. The van der Waals surface area contributed by atoms with E-state index in [-0.39, 0.29) is 42.8 Å². The van der Waals surface area contributed by atoms with E-state index in [1.165, 1.54) is 0 Å². The van der Waals surface area contributed by atoms with Crippen molar-refractivity contribution in [3.8, 4) is 0 Å². The number of carbonyl (C=O) groups excluding carboxylic acids is 1. The number of benzene rings is 1. The third-order valence-corrected chi connectivity index (χ3v) is 5.30. The van der Waals surface area contributed by atoms with Gasteiger partial charge in [-0.1, -0.05) is 43.6 Å². The number of nitrogens with zero attached hydrogens (tertiary/aromatic N) is 1. The monoisotopic (exact) mass is 413 g/mol. The Kier molecular flexibility index (Phi) is 12.1. The summed E-state index contributed by atoms with van der Waals surface area (Å²) in [6.45, 7) is 6.67. The molecule has 0 spiro atoms. The molecular formula is C16H26Cl3N3OS. The summed E-state index contributed by atoms with van der Waals surface area (Å²) in [5, 5.41) is 7.04. The van der Waals surface area contributed by atoms with Gasteiger partial charge in [0.15, 0.2) is 0 Å². The van der Waals surface area contributed by atoms with Crippen molar-refractivity contribution in [2.75, 3.05) is 31.3 Å². The van der Waals surface area contributed by atoms with Crippen LogP contribution in [-0.4, -0.2) is 48.1 Å². The Hall–Kier alpha value is -0.170. The molecule has 4 nitrogen and oxygen atoms in total. The van der Waals surface area contributed by atoms with Crippen LogP contribution >= 0.6 is 48.2 Å². The Morgan fingerprint density at radius 3 is 2.58 bits per heavy atom. The van der Waals surface area contributed by atoms with Crippen LogP contribution < -0.4 is 10.6 Å². The van der Waals surface area contributed by atoms with Crippen LogP contribution in [0.1, 0.15) is 25.5 Å². The van der Waals surface area contributed by atoms with Crippen molar-refractivity contribution in [3.63, 3.8) is 0 Å². The van der Waals surface area contributed by atoms with Gasteiger partial charge in [0.25, 0.3) is 0 Å². The molecule has 1 amide bonds. The molecule has 8 heteroatoms. The molecule has 1 saturated heterocycles. The van der Waals surface area contributed by atoms with Gasteiger partial charge >= 0.3 is 0 Å². The molecular weight excluding hydrogens is 389 g/mol. The highest BCUT2D eigenvalue weighted by atomic mass is 35.5. The van der Waals surface area contributed by atoms with Crippen molar-refractivity contribution in [1.82, 2.24) is 15.5 Å². The number of hydrogen-bond donors (Lipinski definition) is 2. The van der Waals surface area contributed by atoms with E-state index in [2.05, 4.69) is 29.4 Å². The van der Waals surface area contributed by atoms with Crippen molar-refractivity contribution < 1.29 is 4.79 Å². The van der Waals surface area contributed by atoms with Crippen molar-refractivity contribution >= 4 is 54.1 Å². The third kappa shape index (κ3) is 6.28. The molecule has 24 heavy (non-hydrogen) atoms. The molecule has 1 aromatic rings. The largest absolute Gasteiger partial charge is 0.353 e. The van der Waals surface area contributed by atoms with Gasteiger partial charge in [-0.15, -0.1) is 36.6 Å². The van der Waals surface area contributed by atoms with E-state index in [0.717, 1.165) is 35.3 Å². The quantitative estimate of drug-likeness (QED) is 0.718. The van der Waals surface area contributed by atoms with Crippen molar-refractivity contribution in [2.45, 2.75) is 25.9 Å². The molecule has 0 bridgehead atoms. The second kappa shape index (κ2) is 12.2. The summed E-state index contributed by atoms with van der Waals surface area (Å²) in [5.41, 5.74) is 1.07. The zero-order valence-electron chi connectivity index (χ0n) is 14.0. The summed E-state index contributed by atoms with van der Waals surface area (Å²) < 4.78 is 0. The number of halogens is 3. The van der Waals surface area contributed by atoms with E-state index < -0.39 is 0 Å². The summed E-state index contributed by atoms with van der Waals surface area (Å²) in [6, 6.07) is 7.90. The van der Waals surface area contributed by atoms with Gasteiger partial charge in [-0.3, -0.25) is 15.0 Å². The lowest BCUT2D eigenvalue weighted by atomic mass is 10.0. The van der Waals surface area contributed by atoms with Gasteiger partial charge in [0.2, 0.25) is 5.91 Å². The second-order valence-corrected chi connectivity index (χ2v) is 6.71. The molecule has 2 atom stereocenters. The molecule has 0 aromatic heterocycles. The van der Waals surface area contributed by atoms with Gasteiger partial charge in [0.05, 0.1) is 12.1 Å². The fourth-order valence-corrected chi connectivity index (χ4v) is 3.93. The van der Waals surface area contributed by atoms with E-state index in [4.69, 9.17) is 11.6 Å². The summed E-state index contributed by atoms with van der Waals surface area (Å²) in [4.78, 5) is 14.5. The molecule has 0 aliphatic carbocycles. The lowest BCUT2D eigenvalue weighted by Crippen LogP contribution is -2.45. The molecule has 1 aromatic carbocycles. The lowest BCUT2D eigenvalue weighted by Gasteiger charge is -2.31. The molecule has 1 heterocycles. The molecule has 2 unspecified atom stereocenters. The van der Waals surface area contributed by atoms with Gasteiger partial charge in [-0.25, -0.2) is 0 Å². The fourth-order valence-electron chi connectivity index (χ4n) is 2.73. The number of amides is 1. The van der Waals surface area contributed by atoms with E-state index in [9.17, 15) is 4.79 Å². The standard InChI is InChI=1S/C16H24ClN3OS.2ClH/c1-3-20(4-2)15(12-7-5-6-8-13(12)17)9-18-16(21)14-10-22-11-19-14;;/h5-8,14-15,19H,3-4,9-11H2,1-2H3,(H,18,21);2*1H. The van der Waals surface area contributed by atoms with Crippen molar-refractivity contribution in [3.05, 3.63) is 34.9 Å². The van der Waals surface area contributed by atoms with Crippen LogP contribution in [0.15, 0.2) is 24.3 Å². The first-order valence-corrected chi connectivity index (χ1v) is 9.27. The molecule has 1 fully saturated rings. The molecule has 0 radical (unpaired) electrons. The number of nitrogens with one attached hydrogen (secondary N) is 2. The van der Waals surface area contributed by atoms with Crippen LogP contribution in [0.25, 0.3) is 0 Å². The maximum absolute atomic E-state index is 12.2. The maximum atomic E-state index is 12.2. The van der Waals surface area contributed by atoms with E-state index >= 15 is 0 Å². The number of rotatable bonds is 7. The Morgan fingerprint density at radius 2 is 2.04 bits per heavy atom. The Bertz CT molecular complexity index is 497. The van der Waals surface area contributed by atoms with Crippen LogP contribution in [0.5, 0.6) is 0 Å². The predicted octanol–water partition coefficient (Wildman–Crippen LogP) is 3.35. The molecule has 0 saturated carbocycles. The van der Waals surface area contributed by atoms with Crippen molar-refractivity contribution in [2.24, 2.45) is 0 Å². The molecule has 1 aliphatic heterocycles. The number of carbonyl (C=O) groups is 1. The van der Waals surface area contributed by atoms with Crippen molar-refractivity contribution in [1.29, 1.82) is 0 Å². The van der Waals surface area contributed by atoms with Gasteiger partial charge < -0.3 is 5.32 Å². The van der Waals surface area contributed by atoms with Gasteiger partial charge in [-0.05, 0) is 24.7 Å². The normalized spacial score (nSPS) is 17.8. The summed E-state index contributed by atoms with van der Waals surface area (Å²) in [5.74, 6) is 1.77. The van der Waals surface area contributed by atoms with E-state index in [0.29, 0.717) is 6.54 Å². The minimum atomic E-state index is -0.0754. The highest BCUT2D eigenvalue weighted by molar-refractivity contribution is 7.99. The second-order valence-electron chi connectivity index (χ2n) is 5.28. The number of likely N-dealkylation sites (N-methyl/N-ethyl adjacent to an activating group) is 1. The Balaban J connectivity index is 0.00000264. The number of hydrogen-bond acceptors (Lipinski definition) is 4. The third-order valence-electron chi connectivity index (χ3n) is 4.02. The molecule has 138 valence electrons. The summed E-state index contributed by atoms with van der Waals surface area (Å²) >= 11 is 8.12. The highest BCUT2D eigenvalue weighted by Crippen LogP contribution is 2.27. The molecule has 1 aliphatic rings. The average Bonchev–Trinajstić information content (AvgIpc) is 3.06. The average molecular weight is 415 g/mol. The molecule has 2 rings (SSSR count). The van der Waals surface area contributed by atoms with Gasteiger partial charge in [0.1, 0.15) is 0 Å². The van der Waals surface area contributed by atoms with Crippen LogP contribution in [-0.2, 0) is 4.79 Å². The highest BCUT2D eigenvalue weighted by Gasteiger charge is 2.25. The smallest absolute Gasteiger partial charge is 0.238 e. The van der Waals surface area contributed by atoms with Gasteiger partial charge in [-0.2, -0.15) is 0 Å². The maximum Gasteiger partial charge on any atom is 0.238 e. The first-order chi connectivity index (χ1) is 10.7. The van der Waals surface area contributed by atoms with Crippen LogP contribution in [0, 0.1) is 0 Å². The topological polar surface area (TPSA) is 44.4 Å². The van der Waals surface area contributed by atoms with Crippen LogP contribution in [0.3, 0.4) is 0 Å². The minimum Gasteiger partial charge on any atom is -0.353 e. The zero-order valence-corrected chi connectivity index (χ0v) is 17.2.